The molecule has 0 saturated heterocycles. The van der Waals surface area contributed by atoms with Crippen molar-refractivity contribution < 1.29 is 9.53 Å². The summed E-state index contributed by atoms with van der Waals surface area (Å²) in [5.74, 6) is 5.61. The van der Waals surface area contributed by atoms with Crippen molar-refractivity contribution in [1.82, 2.24) is 0 Å². The third-order valence-corrected chi connectivity index (χ3v) is 2.60. The van der Waals surface area contributed by atoms with Crippen molar-refractivity contribution in [3.05, 3.63) is 24.8 Å². The van der Waals surface area contributed by atoms with Crippen LogP contribution in [0, 0.1) is 11.8 Å². The Balaban J connectivity index is 4.19. The Morgan fingerprint density at radius 2 is 2.00 bits per heavy atom. The third-order valence-electron chi connectivity index (χ3n) is 2.60. The topological polar surface area (TPSA) is 26.3 Å². The SMILES string of the molecule is C=CCC(=O)OC(C#CC(=C)C)CCCCCCC. The Labute approximate surface area is 117 Å². The van der Waals surface area contributed by atoms with E-state index < -0.39 is 0 Å². The largest absolute Gasteiger partial charge is 0.449 e. The first-order valence-corrected chi connectivity index (χ1v) is 7.07. The molecule has 0 bridgehead atoms. The van der Waals surface area contributed by atoms with Gasteiger partial charge in [0.2, 0.25) is 0 Å². The van der Waals surface area contributed by atoms with E-state index in [2.05, 4.69) is 31.9 Å². The molecule has 19 heavy (non-hydrogen) atoms. The van der Waals surface area contributed by atoms with E-state index >= 15 is 0 Å². The minimum Gasteiger partial charge on any atom is -0.449 e. The Bertz CT molecular complexity index is 344. The molecule has 0 spiro atoms. The van der Waals surface area contributed by atoms with Gasteiger partial charge in [-0.1, -0.05) is 57.1 Å². The van der Waals surface area contributed by atoms with Crippen molar-refractivity contribution in [2.24, 2.45) is 0 Å². The number of ether oxygens (including phenoxy) is 1. The molecule has 0 aliphatic rings. The van der Waals surface area contributed by atoms with E-state index in [0.717, 1.165) is 24.8 Å². The van der Waals surface area contributed by atoms with E-state index in [1.54, 1.807) is 6.08 Å². The molecule has 1 unspecified atom stereocenters. The standard InChI is InChI=1S/C17H26O2/c1-5-7-8-9-10-12-16(14-13-15(3)4)19-17(18)11-6-2/h6,16H,2-3,5,7-12H2,1,4H3. The molecule has 0 heterocycles. The number of carbonyl (C=O) groups is 1. The van der Waals surface area contributed by atoms with Crippen LogP contribution in [-0.4, -0.2) is 12.1 Å². The summed E-state index contributed by atoms with van der Waals surface area (Å²) in [4.78, 5) is 11.4. The summed E-state index contributed by atoms with van der Waals surface area (Å²) in [6.07, 6.45) is 8.20. The highest BCUT2D eigenvalue weighted by Crippen LogP contribution is 2.10. The van der Waals surface area contributed by atoms with Gasteiger partial charge in [0.05, 0.1) is 6.42 Å². The van der Waals surface area contributed by atoms with Crippen LogP contribution < -0.4 is 0 Å². The minimum atomic E-state index is -0.314. The lowest BCUT2D eigenvalue weighted by Gasteiger charge is -2.11. The highest BCUT2D eigenvalue weighted by atomic mass is 16.5. The number of unbranched alkanes of at least 4 members (excludes halogenated alkanes) is 4. The lowest BCUT2D eigenvalue weighted by molar-refractivity contribution is -0.145. The first-order chi connectivity index (χ1) is 9.10. The second kappa shape index (κ2) is 11.6. The van der Waals surface area contributed by atoms with Crippen LogP contribution in [0.3, 0.4) is 0 Å². The fourth-order valence-electron chi connectivity index (χ4n) is 1.62. The number of allylic oxidation sites excluding steroid dienone is 1. The van der Waals surface area contributed by atoms with Crippen molar-refractivity contribution >= 4 is 5.97 Å². The van der Waals surface area contributed by atoms with Crippen LogP contribution in [0.25, 0.3) is 0 Å². The molecule has 2 nitrogen and oxygen atoms in total. The number of hydrogen-bond acceptors (Lipinski definition) is 2. The molecule has 2 heteroatoms. The first-order valence-electron chi connectivity index (χ1n) is 7.07. The van der Waals surface area contributed by atoms with Gasteiger partial charge in [0.15, 0.2) is 6.10 Å². The van der Waals surface area contributed by atoms with Crippen LogP contribution in [0.2, 0.25) is 0 Å². The Kier molecular flexibility index (Phi) is 10.7. The molecule has 0 rings (SSSR count). The van der Waals surface area contributed by atoms with Crippen molar-refractivity contribution in [1.29, 1.82) is 0 Å². The van der Waals surface area contributed by atoms with Crippen LogP contribution >= 0.6 is 0 Å². The van der Waals surface area contributed by atoms with Crippen molar-refractivity contribution in [3.63, 3.8) is 0 Å². The predicted molar refractivity (Wildman–Crippen MR) is 80.7 cm³/mol. The quantitative estimate of drug-likeness (QED) is 0.266. The van der Waals surface area contributed by atoms with Crippen LogP contribution in [-0.2, 0) is 9.53 Å². The maximum Gasteiger partial charge on any atom is 0.310 e. The molecule has 0 aromatic rings. The zero-order valence-corrected chi connectivity index (χ0v) is 12.3. The molecule has 0 aliphatic heterocycles. The summed E-state index contributed by atoms with van der Waals surface area (Å²) in [6, 6.07) is 0. The Hall–Kier alpha value is -1.49. The smallest absolute Gasteiger partial charge is 0.310 e. The van der Waals surface area contributed by atoms with Crippen molar-refractivity contribution in [2.45, 2.75) is 64.9 Å². The van der Waals surface area contributed by atoms with Crippen molar-refractivity contribution in [3.8, 4) is 11.8 Å². The van der Waals surface area contributed by atoms with Gasteiger partial charge < -0.3 is 4.74 Å². The van der Waals surface area contributed by atoms with E-state index in [1.807, 2.05) is 6.92 Å². The summed E-state index contributed by atoms with van der Waals surface area (Å²) >= 11 is 0. The summed E-state index contributed by atoms with van der Waals surface area (Å²) in [5.41, 5.74) is 0.788. The molecule has 1 atom stereocenters. The number of carbonyl (C=O) groups excluding carboxylic acids is 1. The van der Waals surface area contributed by atoms with Gasteiger partial charge in [0, 0.05) is 0 Å². The molecule has 0 amide bonds. The molecular weight excluding hydrogens is 236 g/mol. The molecule has 0 aliphatic carbocycles. The van der Waals surface area contributed by atoms with E-state index in [4.69, 9.17) is 4.74 Å². The highest BCUT2D eigenvalue weighted by Gasteiger charge is 2.10. The second-order valence-electron chi connectivity index (χ2n) is 4.72. The second-order valence-corrected chi connectivity index (χ2v) is 4.72. The summed E-state index contributed by atoms with van der Waals surface area (Å²) in [5, 5.41) is 0. The molecule has 0 N–H and O–H groups in total. The van der Waals surface area contributed by atoms with Gasteiger partial charge in [0.1, 0.15) is 0 Å². The number of rotatable bonds is 9. The van der Waals surface area contributed by atoms with E-state index in [1.165, 1.54) is 19.3 Å². The van der Waals surface area contributed by atoms with E-state index in [0.29, 0.717) is 0 Å². The first kappa shape index (κ1) is 17.5. The molecule has 0 aromatic heterocycles. The lowest BCUT2D eigenvalue weighted by atomic mass is 10.1. The lowest BCUT2D eigenvalue weighted by Crippen LogP contribution is -2.16. The van der Waals surface area contributed by atoms with Gasteiger partial charge in [-0.25, -0.2) is 0 Å². The average molecular weight is 262 g/mol. The molecule has 0 saturated carbocycles. The maximum atomic E-state index is 11.4. The monoisotopic (exact) mass is 262 g/mol. The zero-order valence-electron chi connectivity index (χ0n) is 12.3. The van der Waals surface area contributed by atoms with Gasteiger partial charge >= 0.3 is 5.97 Å². The molecule has 106 valence electrons. The summed E-state index contributed by atoms with van der Waals surface area (Å²) in [6.45, 7) is 11.3. The maximum absolute atomic E-state index is 11.4. The average Bonchev–Trinajstić information content (AvgIpc) is 2.35. The van der Waals surface area contributed by atoms with Gasteiger partial charge in [-0.15, -0.1) is 6.58 Å². The Morgan fingerprint density at radius 3 is 2.58 bits per heavy atom. The third kappa shape index (κ3) is 11.3. The van der Waals surface area contributed by atoms with Crippen LogP contribution in [0.1, 0.15) is 58.8 Å². The highest BCUT2D eigenvalue weighted by molar-refractivity contribution is 5.71. The van der Waals surface area contributed by atoms with Crippen LogP contribution in [0.5, 0.6) is 0 Å². The molecule has 0 radical (unpaired) electrons. The van der Waals surface area contributed by atoms with E-state index in [9.17, 15) is 4.79 Å². The number of esters is 1. The van der Waals surface area contributed by atoms with Gasteiger partial charge in [-0.2, -0.15) is 0 Å². The number of hydrogen-bond donors (Lipinski definition) is 0. The summed E-state index contributed by atoms with van der Waals surface area (Å²) in [7, 11) is 0. The summed E-state index contributed by atoms with van der Waals surface area (Å²) < 4.78 is 5.32. The molecular formula is C17H26O2. The van der Waals surface area contributed by atoms with Crippen LogP contribution in [0.15, 0.2) is 24.8 Å². The Morgan fingerprint density at radius 1 is 1.32 bits per heavy atom. The normalized spacial score (nSPS) is 11.1. The van der Waals surface area contributed by atoms with E-state index in [-0.39, 0.29) is 18.5 Å². The van der Waals surface area contributed by atoms with Gasteiger partial charge in [0.25, 0.3) is 0 Å². The molecule has 0 fully saturated rings. The van der Waals surface area contributed by atoms with Crippen molar-refractivity contribution in [2.75, 3.05) is 0 Å². The van der Waals surface area contributed by atoms with Crippen LogP contribution in [0.4, 0.5) is 0 Å². The van der Waals surface area contributed by atoms with Gasteiger partial charge in [-0.3, -0.25) is 4.79 Å². The minimum absolute atomic E-state index is 0.237. The molecule has 0 aromatic carbocycles. The fourth-order valence-corrected chi connectivity index (χ4v) is 1.62. The zero-order chi connectivity index (χ0) is 14.5. The predicted octanol–water partition coefficient (Wildman–Crippen LogP) is 4.41. The van der Waals surface area contributed by atoms with Gasteiger partial charge in [-0.05, 0) is 25.3 Å². The fraction of sp³-hybridized carbons (Fsp3) is 0.588.